The fraction of sp³-hybridized carbons (Fsp3) is 0.897. The fourth-order valence-corrected chi connectivity index (χ4v) is 7.16. The third kappa shape index (κ3) is 6.31. The minimum absolute atomic E-state index is 0.104. The predicted molar refractivity (Wildman–Crippen MR) is 142 cm³/mol. The number of carbonyl (C=O) groups excluding carboxylic acids is 1. The Hall–Kier alpha value is -1.68. The van der Waals surface area contributed by atoms with E-state index in [9.17, 15) is 9.18 Å². The molecule has 0 bridgehead atoms. The van der Waals surface area contributed by atoms with Crippen LogP contribution in [0.15, 0.2) is 4.52 Å². The van der Waals surface area contributed by atoms with E-state index in [0.29, 0.717) is 62.4 Å². The third-order valence-corrected chi connectivity index (χ3v) is 9.89. The first-order valence-electron chi connectivity index (χ1n) is 15.0. The molecule has 4 atom stereocenters. The number of aromatic nitrogens is 2. The van der Waals surface area contributed by atoms with Gasteiger partial charge in [0.05, 0.1) is 5.92 Å². The molecule has 1 aromatic heterocycles. The highest BCUT2D eigenvalue weighted by molar-refractivity contribution is 5.76. The average Bonchev–Trinajstić information content (AvgIpc) is 3.40. The van der Waals surface area contributed by atoms with Gasteiger partial charge in [0, 0.05) is 55.9 Å². The molecule has 2 aliphatic carbocycles. The van der Waals surface area contributed by atoms with Crippen molar-refractivity contribution in [1.82, 2.24) is 24.8 Å². The van der Waals surface area contributed by atoms with E-state index in [1.54, 1.807) is 4.90 Å². The lowest BCUT2D eigenvalue weighted by Crippen LogP contribution is -2.56. The zero-order valence-electron chi connectivity index (χ0n) is 24.1. The molecular formula is C29H46F3N5O2. The molecule has 1 unspecified atom stereocenters. The topological polar surface area (TPSA) is 65.7 Å². The number of amides is 1. The van der Waals surface area contributed by atoms with Crippen LogP contribution in [0.2, 0.25) is 0 Å². The maximum atomic E-state index is 15.3. The van der Waals surface area contributed by atoms with Gasteiger partial charge in [-0.3, -0.25) is 9.69 Å². The summed E-state index contributed by atoms with van der Waals surface area (Å²) >= 11 is 0. The molecular weight excluding hydrogens is 507 g/mol. The fourth-order valence-electron chi connectivity index (χ4n) is 7.16. The van der Waals surface area contributed by atoms with Gasteiger partial charge in [0.2, 0.25) is 11.8 Å². The molecule has 1 amide bonds. The number of halogens is 3. The summed E-state index contributed by atoms with van der Waals surface area (Å²) in [6.45, 7) is 10.1. The normalized spacial score (nSPS) is 31.7. The van der Waals surface area contributed by atoms with Crippen molar-refractivity contribution in [2.45, 2.75) is 114 Å². The van der Waals surface area contributed by atoms with E-state index in [1.165, 1.54) is 0 Å². The Morgan fingerprint density at radius 2 is 1.79 bits per heavy atom. The molecule has 4 aliphatic rings. The molecule has 220 valence electrons. The van der Waals surface area contributed by atoms with Gasteiger partial charge < -0.3 is 14.3 Å². The number of alkyl halides is 3. The minimum Gasteiger partial charge on any atom is -0.343 e. The molecule has 0 aromatic carbocycles. The molecule has 0 radical (unpaired) electrons. The maximum absolute atomic E-state index is 15.3. The molecule has 4 fully saturated rings. The molecule has 5 rings (SSSR count). The first-order chi connectivity index (χ1) is 18.5. The molecule has 3 heterocycles. The van der Waals surface area contributed by atoms with Gasteiger partial charge in [0.25, 0.3) is 5.92 Å². The van der Waals surface area contributed by atoms with E-state index in [-0.39, 0.29) is 36.1 Å². The van der Waals surface area contributed by atoms with Gasteiger partial charge in [-0.2, -0.15) is 4.98 Å². The highest BCUT2D eigenvalue weighted by Crippen LogP contribution is 2.45. The molecule has 10 heteroatoms. The van der Waals surface area contributed by atoms with Crippen LogP contribution in [-0.4, -0.2) is 94.7 Å². The number of hydrogen-bond acceptors (Lipinski definition) is 6. The lowest BCUT2D eigenvalue weighted by atomic mass is 9.76. The molecule has 0 N–H and O–H groups in total. The Kier molecular flexibility index (Phi) is 8.36. The largest absolute Gasteiger partial charge is 0.343 e. The van der Waals surface area contributed by atoms with Crippen molar-refractivity contribution in [2.24, 2.45) is 11.8 Å². The van der Waals surface area contributed by atoms with Crippen LogP contribution in [0.1, 0.15) is 96.2 Å². The summed E-state index contributed by atoms with van der Waals surface area (Å²) in [5, 5.41) is 4.12. The summed E-state index contributed by atoms with van der Waals surface area (Å²) in [4.78, 5) is 24.3. The van der Waals surface area contributed by atoms with E-state index >= 15 is 8.78 Å². The number of nitrogens with zero attached hydrogens (tertiary/aromatic N) is 5. The van der Waals surface area contributed by atoms with Gasteiger partial charge in [-0.1, -0.05) is 25.9 Å². The Balaban J connectivity index is 1.17. The summed E-state index contributed by atoms with van der Waals surface area (Å²) in [6, 6.07) is 0.247. The number of piperidine rings is 2. The van der Waals surface area contributed by atoms with Crippen LogP contribution in [0.5, 0.6) is 0 Å². The second-order valence-corrected chi connectivity index (χ2v) is 13.4. The van der Waals surface area contributed by atoms with Crippen molar-refractivity contribution in [1.29, 1.82) is 0 Å². The molecule has 7 nitrogen and oxygen atoms in total. The predicted octanol–water partition coefficient (Wildman–Crippen LogP) is 5.02. The third-order valence-electron chi connectivity index (χ3n) is 9.89. The SMILES string of the molecule is CC(C)CN(C)C1CCN([C@H]2CCCC(F)(F)[C@@H]2CC(=O)N2CCC(C)(c3noc(C4C[C@@H]4F)n3)CC2)CC1. The van der Waals surface area contributed by atoms with Gasteiger partial charge >= 0.3 is 0 Å². The Morgan fingerprint density at radius 3 is 2.41 bits per heavy atom. The second kappa shape index (κ2) is 11.3. The zero-order chi connectivity index (χ0) is 27.9. The van der Waals surface area contributed by atoms with Crippen molar-refractivity contribution in [3.63, 3.8) is 0 Å². The van der Waals surface area contributed by atoms with Gasteiger partial charge in [0.15, 0.2) is 5.82 Å². The van der Waals surface area contributed by atoms with Crippen LogP contribution in [0.25, 0.3) is 0 Å². The molecule has 39 heavy (non-hydrogen) atoms. The quantitative estimate of drug-likeness (QED) is 0.451. The van der Waals surface area contributed by atoms with Crippen LogP contribution in [0, 0.1) is 11.8 Å². The van der Waals surface area contributed by atoms with Gasteiger partial charge in [-0.15, -0.1) is 0 Å². The van der Waals surface area contributed by atoms with Crippen LogP contribution >= 0.6 is 0 Å². The summed E-state index contributed by atoms with van der Waals surface area (Å²) in [5.74, 6) is -2.70. The Labute approximate surface area is 230 Å². The number of hydrogen-bond donors (Lipinski definition) is 0. The molecule has 2 aliphatic heterocycles. The lowest BCUT2D eigenvalue weighted by molar-refractivity contribution is -0.151. The standard InChI is InChI=1S/C29H46F3N5O2/c1-19(2)18-35(4)20-7-12-36(13-8-20)24-6-5-9-29(31,32)22(24)17-25(38)37-14-10-28(3,11-15-37)27-33-26(39-34-27)21-16-23(21)30/h19-24H,5-18H2,1-4H3/t21?,22-,23+,24+/m1/s1. The van der Waals surface area contributed by atoms with E-state index in [0.717, 1.165) is 38.9 Å². The van der Waals surface area contributed by atoms with Crippen LogP contribution in [-0.2, 0) is 10.2 Å². The molecule has 2 saturated heterocycles. The smallest absolute Gasteiger partial charge is 0.252 e. The zero-order valence-corrected chi connectivity index (χ0v) is 24.1. The van der Waals surface area contributed by atoms with Crippen molar-refractivity contribution >= 4 is 5.91 Å². The van der Waals surface area contributed by atoms with Crippen LogP contribution in [0.4, 0.5) is 13.2 Å². The van der Waals surface area contributed by atoms with Gasteiger partial charge in [-0.05, 0) is 71.0 Å². The van der Waals surface area contributed by atoms with Crippen molar-refractivity contribution in [3.05, 3.63) is 11.7 Å². The minimum atomic E-state index is -2.83. The summed E-state index contributed by atoms with van der Waals surface area (Å²) < 4.78 is 49.4. The second-order valence-electron chi connectivity index (χ2n) is 13.4. The highest BCUT2D eigenvalue weighted by atomic mass is 19.3. The Bertz CT molecular complexity index is 987. The molecule has 2 saturated carbocycles. The first kappa shape index (κ1) is 28.8. The first-order valence-corrected chi connectivity index (χ1v) is 15.0. The van der Waals surface area contributed by atoms with Gasteiger partial charge in [0.1, 0.15) is 6.17 Å². The van der Waals surface area contributed by atoms with Crippen LogP contribution < -0.4 is 0 Å². The van der Waals surface area contributed by atoms with Gasteiger partial charge in [-0.25, -0.2) is 13.2 Å². The number of likely N-dealkylation sites (tertiary alicyclic amines) is 2. The average molecular weight is 554 g/mol. The van der Waals surface area contributed by atoms with Crippen molar-refractivity contribution in [2.75, 3.05) is 39.8 Å². The van der Waals surface area contributed by atoms with E-state index < -0.39 is 18.0 Å². The van der Waals surface area contributed by atoms with E-state index in [1.807, 2.05) is 6.92 Å². The Morgan fingerprint density at radius 1 is 1.13 bits per heavy atom. The van der Waals surface area contributed by atoms with Crippen LogP contribution in [0.3, 0.4) is 0 Å². The summed E-state index contributed by atoms with van der Waals surface area (Å²) in [6.07, 6.45) is 3.77. The summed E-state index contributed by atoms with van der Waals surface area (Å²) in [7, 11) is 2.17. The number of carbonyl (C=O) groups is 1. The monoisotopic (exact) mass is 553 g/mol. The highest BCUT2D eigenvalue weighted by Gasteiger charge is 2.51. The lowest BCUT2D eigenvalue weighted by Gasteiger charge is -2.47. The van der Waals surface area contributed by atoms with E-state index in [2.05, 4.69) is 40.8 Å². The van der Waals surface area contributed by atoms with Crippen molar-refractivity contribution < 1.29 is 22.5 Å². The maximum Gasteiger partial charge on any atom is 0.252 e. The summed E-state index contributed by atoms with van der Waals surface area (Å²) in [5.41, 5.74) is -0.371. The number of rotatable bonds is 8. The molecule has 0 spiro atoms. The van der Waals surface area contributed by atoms with Crippen molar-refractivity contribution in [3.8, 4) is 0 Å². The molecule has 1 aromatic rings. The van der Waals surface area contributed by atoms with E-state index in [4.69, 9.17) is 4.52 Å².